The Hall–Kier alpha value is -1.93. The molecule has 1 amide bonds. The summed E-state index contributed by atoms with van der Waals surface area (Å²) in [5.74, 6) is 0.318. The van der Waals surface area contributed by atoms with Gasteiger partial charge >= 0.3 is 0 Å². The fourth-order valence-corrected chi connectivity index (χ4v) is 3.88. The van der Waals surface area contributed by atoms with Gasteiger partial charge in [-0.25, -0.2) is 8.42 Å². The third-order valence-corrected chi connectivity index (χ3v) is 5.24. The molecule has 0 fully saturated rings. The number of hydrogen-bond donors (Lipinski definition) is 3. The standard InChI is InChI=1S/C17H26N4O3S/c1-12(2)11-14(17(22)19-10-6-9-18-3)20-16-13-7-4-5-8-15(13)25(23,24)21-16/h4-5,7-8,12,14,18H,6,9-11H2,1-3H3,(H,19,22)(H,20,21). The first-order valence-electron chi connectivity index (χ1n) is 8.47. The molecular formula is C17H26N4O3S. The van der Waals surface area contributed by atoms with E-state index in [9.17, 15) is 13.2 Å². The molecule has 1 aromatic rings. The van der Waals surface area contributed by atoms with Crippen molar-refractivity contribution in [2.75, 3.05) is 20.1 Å². The number of carbonyl (C=O) groups excluding carboxylic acids is 1. The van der Waals surface area contributed by atoms with E-state index in [4.69, 9.17) is 0 Å². The van der Waals surface area contributed by atoms with Crippen molar-refractivity contribution in [2.45, 2.75) is 37.6 Å². The van der Waals surface area contributed by atoms with Gasteiger partial charge in [-0.15, -0.1) is 0 Å². The summed E-state index contributed by atoms with van der Waals surface area (Å²) in [7, 11) is -1.74. The molecule has 1 aliphatic rings. The van der Waals surface area contributed by atoms with Gasteiger partial charge in [0.2, 0.25) is 5.91 Å². The van der Waals surface area contributed by atoms with Crippen LogP contribution in [-0.4, -0.2) is 46.3 Å². The van der Waals surface area contributed by atoms with Crippen molar-refractivity contribution in [1.82, 2.24) is 15.4 Å². The van der Waals surface area contributed by atoms with Crippen molar-refractivity contribution < 1.29 is 13.2 Å². The summed E-state index contributed by atoms with van der Waals surface area (Å²) in [6.07, 6.45) is 1.37. The maximum atomic E-state index is 12.5. The molecule has 0 aliphatic carbocycles. The van der Waals surface area contributed by atoms with Crippen LogP contribution in [0.15, 0.2) is 34.2 Å². The highest BCUT2D eigenvalue weighted by Crippen LogP contribution is 2.23. The number of amidine groups is 1. The average Bonchev–Trinajstić information content (AvgIpc) is 2.81. The number of nitrogens with zero attached hydrogens (tertiary/aromatic N) is 1. The minimum absolute atomic E-state index is 0.180. The van der Waals surface area contributed by atoms with Gasteiger partial charge in [0.15, 0.2) is 0 Å². The SMILES string of the molecule is CNCCCNC(=O)C(CC(C)C)N=C1NS(=O)(=O)c2ccccc21. The molecule has 3 N–H and O–H groups in total. The molecular weight excluding hydrogens is 340 g/mol. The number of fused-ring (bicyclic) bond motifs is 1. The maximum Gasteiger partial charge on any atom is 0.263 e. The van der Waals surface area contributed by atoms with E-state index in [0.717, 1.165) is 13.0 Å². The summed E-state index contributed by atoms with van der Waals surface area (Å²) in [5, 5.41) is 5.90. The Morgan fingerprint density at radius 3 is 2.64 bits per heavy atom. The van der Waals surface area contributed by atoms with E-state index in [0.29, 0.717) is 18.5 Å². The zero-order valence-corrected chi connectivity index (χ0v) is 15.7. The van der Waals surface area contributed by atoms with Crippen LogP contribution >= 0.6 is 0 Å². The van der Waals surface area contributed by atoms with Crippen molar-refractivity contribution in [3.8, 4) is 0 Å². The first-order chi connectivity index (χ1) is 11.8. The summed E-state index contributed by atoms with van der Waals surface area (Å²) >= 11 is 0. The number of benzene rings is 1. The van der Waals surface area contributed by atoms with Gasteiger partial charge in [-0.1, -0.05) is 26.0 Å². The van der Waals surface area contributed by atoms with Crippen LogP contribution in [0, 0.1) is 5.92 Å². The molecule has 0 saturated carbocycles. The largest absolute Gasteiger partial charge is 0.354 e. The zero-order valence-electron chi connectivity index (χ0n) is 14.9. The van der Waals surface area contributed by atoms with Crippen LogP contribution < -0.4 is 15.4 Å². The van der Waals surface area contributed by atoms with Gasteiger partial charge in [0, 0.05) is 12.1 Å². The predicted octanol–water partition coefficient (Wildman–Crippen LogP) is 0.866. The summed E-state index contributed by atoms with van der Waals surface area (Å²) in [6.45, 7) is 5.39. The second-order valence-electron chi connectivity index (χ2n) is 6.47. The van der Waals surface area contributed by atoms with Crippen LogP contribution in [-0.2, 0) is 14.8 Å². The molecule has 2 rings (SSSR count). The van der Waals surface area contributed by atoms with E-state index in [-0.39, 0.29) is 22.6 Å². The highest BCUT2D eigenvalue weighted by molar-refractivity contribution is 7.90. The van der Waals surface area contributed by atoms with Crippen molar-refractivity contribution in [2.24, 2.45) is 10.9 Å². The molecule has 25 heavy (non-hydrogen) atoms. The van der Waals surface area contributed by atoms with Crippen LogP contribution in [0.2, 0.25) is 0 Å². The van der Waals surface area contributed by atoms with E-state index in [1.54, 1.807) is 18.2 Å². The van der Waals surface area contributed by atoms with Crippen LogP contribution in [0.3, 0.4) is 0 Å². The van der Waals surface area contributed by atoms with Crippen LogP contribution in [0.25, 0.3) is 0 Å². The molecule has 138 valence electrons. The first-order valence-corrected chi connectivity index (χ1v) is 9.96. The Kier molecular flexibility index (Phi) is 6.55. The van der Waals surface area contributed by atoms with Gasteiger partial charge in [-0.05, 0) is 44.5 Å². The molecule has 7 nitrogen and oxygen atoms in total. The lowest BCUT2D eigenvalue weighted by molar-refractivity contribution is -0.122. The van der Waals surface area contributed by atoms with Crippen molar-refractivity contribution in [3.63, 3.8) is 0 Å². The summed E-state index contributed by atoms with van der Waals surface area (Å²) in [6, 6.07) is 6.03. The summed E-state index contributed by atoms with van der Waals surface area (Å²) < 4.78 is 26.8. The molecule has 1 aromatic carbocycles. The number of nitrogens with one attached hydrogen (secondary N) is 3. The van der Waals surface area contributed by atoms with Gasteiger partial charge in [0.05, 0.1) is 4.90 Å². The molecule has 0 aromatic heterocycles. The lowest BCUT2D eigenvalue weighted by atomic mass is 10.0. The number of rotatable bonds is 8. The molecule has 0 bridgehead atoms. The van der Waals surface area contributed by atoms with Gasteiger partial charge < -0.3 is 10.6 Å². The highest BCUT2D eigenvalue weighted by Gasteiger charge is 2.31. The van der Waals surface area contributed by atoms with E-state index in [2.05, 4.69) is 20.3 Å². The van der Waals surface area contributed by atoms with E-state index in [1.807, 2.05) is 20.9 Å². The lowest BCUT2D eigenvalue weighted by Crippen LogP contribution is -2.37. The predicted molar refractivity (Wildman–Crippen MR) is 98.1 cm³/mol. The van der Waals surface area contributed by atoms with Crippen molar-refractivity contribution in [3.05, 3.63) is 29.8 Å². The fourth-order valence-electron chi connectivity index (χ4n) is 2.65. The topological polar surface area (TPSA) is 99.7 Å². The quantitative estimate of drug-likeness (QED) is 0.594. The number of amides is 1. The van der Waals surface area contributed by atoms with Gasteiger partial charge in [-0.2, -0.15) is 0 Å². The second kappa shape index (κ2) is 8.44. The molecule has 0 spiro atoms. The normalized spacial score (nSPS) is 18.0. The van der Waals surface area contributed by atoms with Crippen molar-refractivity contribution >= 4 is 21.8 Å². The van der Waals surface area contributed by atoms with Gasteiger partial charge in [-0.3, -0.25) is 14.5 Å². The zero-order chi connectivity index (χ0) is 18.4. The number of sulfonamides is 1. The fraction of sp³-hybridized carbons (Fsp3) is 0.529. The number of carbonyl (C=O) groups is 1. The third kappa shape index (κ3) is 5.02. The molecule has 0 radical (unpaired) electrons. The minimum atomic E-state index is -3.60. The van der Waals surface area contributed by atoms with E-state index in [1.165, 1.54) is 6.07 Å². The minimum Gasteiger partial charge on any atom is -0.354 e. The Morgan fingerprint density at radius 2 is 1.96 bits per heavy atom. The first kappa shape index (κ1) is 19.4. The smallest absolute Gasteiger partial charge is 0.263 e. The molecule has 1 unspecified atom stereocenters. The van der Waals surface area contributed by atoms with E-state index < -0.39 is 16.1 Å². The molecule has 1 heterocycles. The summed E-state index contributed by atoms with van der Waals surface area (Å²) in [5.41, 5.74) is 0.513. The van der Waals surface area contributed by atoms with Crippen LogP contribution in [0.4, 0.5) is 0 Å². The second-order valence-corrected chi connectivity index (χ2v) is 8.12. The summed E-state index contributed by atoms with van der Waals surface area (Å²) in [4.78, 5) is 17.1. The van der Waals surface area contributed by atoms with Gasteiger partial charge in [0.25, 0.3) is 10.0 Å². The average molecular weight is 366 g/mol. The van der Waals surface area contributed by atoms with Crippen LogP contribution in [0.5, 0.6) is 0 Å². The third-order valence-electron chi connectivity index (χ3n) is 3.85. The molecule has 0 saturated heterocycles. The monoisotopic (exact) mass is 366 g/mol. The van der Waals surface area contributed by atoms with E-state index >= 15 is 0 Å². The number of aliphatic imine (C=N–C) groups is 1. The molecule has 1 atom stereocenters. The molecule has 8 heteroatoms. The lowest BCUT2D eigenvalue weighted by Gasteiger charge is -2.16. The Morgan fingerprint density at radius 1 is 1.24 bits per heavy atom. The maximum absolute atomic E-state index is 12.5. The van der Waals surface area contributed by atoms with Crippen LogP contribution in [0.1, 0.15) is 32.3 Å². The Labute approximate surface area is 149 Å². The van der Waals surface area contributed by atoms with Gasteiger partial charge in [0.1, 0.15) is 11.9 Å². The Bertz CT molecular complexity index is 744. The Balaban J connectivity index is 2.22. The molecule has 1 aliphatic heterocycles. The highest BCUT2D eigenvalue weighted by atomic mass is 32.2. The van der Waals surface area contributed by atoms with Crippen molar-refractivity contribution in [1.29, 1.82) is 0 Å². The number of hydrogen-bond acceptors (Lipinski definition) is 5.